The van der Waals surface area contributed by atoms with Gasteiger partial charge >= 0.3 is 0 Å². The van der Waals surface area contributed by atoms with Crippen molar-refractivity contribution in [3.8, 4) is 5.75 Å². The zero-order valence-corrected chi connectivity index (χ0v) is 15.2. The topological polar surface area (TPSA) is 29.5 Å². The third-order valence-corrected chi connectivity index (χ3v) is 5.64. The molecule has 0 spiro atoms. The van der Waals surface area contributed by atoms with E-state index < -0.39 is 4.75 Å². The van der Waals surface area contributed by atoms with E-state index in [0.29, 0.717) is 13.2 Å². The largest absolute Gasteiger partial charge is 0.493 e. The van der Waals surface area contributed by atoms with Gasteiger partial charge < -0.3 is 9.64 Å². The maximum atomic E-state index is 12.9. The summed E-state index contributed by atoms with van der Waals surface area (Å²) in [6.07, 6.45) is 0. The minimum absolute atomic E-state index is 0.0320. The molecule has 1 atom stereocenters. The van der Waals surface area contributed by atoms with Crippen LogP contribution in [0.1, 0.15) is 37.3 Å². The monoisotopic (exact) mass is 341 g/mol. The van der Waals surface area contributed by atoms with Crippen LogP contribution in [0.15, 0.2) is 54.6 Å². The highest BCUT2D eigenvalue weighted by atomic mass is 32.2. The van der Waals surface area contributed by atoms with E-state index in [1.54, 1.807) is 11.8 Å². The Hall–Kier alpha value is -1.94. The fourth-order valence-corrected chi connectivity index (χ4v) is 4.38. The number of hydrogen-bond acceptors (Lipinski definition) is 3. The molecule has 2 aromatic rings. The molecule has 0 N–H and O–H groups in total. The van der Waals surface area contributed by atoms with Gasteiger partial charge in [0, 0.05) is 12.1 Å². The Morgan fingerprint density at radius 1 is 1.08 bits per heavy atom. The number of thioether (sulfide) groups is 1. The number of hydrogen-bond donors (Lipinski definition) is 0. The summed E-state index contributed by atoms with van der Waals surface area (Å²) in [7, 11) is 0. The smallest absolute Gasteiger partial charge is 0.239 e. The minimum Gasteiger partial charge on any atom is -0.493 e. The molecule has 24 heavy (non-hydrogen) atoms. The predicted molar refractivity (Wildman–Crippen MR) is 99.0 cm³/mol. The molecule has 0 saturated carbocycles. The lowest BCUT2D eigenvalue weighted by Crippen LogP contribution is -2.35. The van der Waals surface area contributed by atoms with Crippen LogP contribution in [0.4, 0.5) is 0 Å². The summed E-state index contributed by atoms with van der Waals surface area (Å²) in [5.41, 5.74) is 2.21. The molecule has 4 heteroatoms. The molecular formula is C20H23NO2S. The zero-order chi connectivity index (χ0) is 17.2. The van der Waals surface area contributed by atoms with Gasteiger partial charge in [0.15, 0.2) is 0 Å². The first-order chi connectivity index (χ1) is 11.5. The predicted octanol–water partition coefficient (Wildman–Crippen LogP) is 4.64. The van der Waals surface area contributed by atoms with E-state index in [0.717, 1.165) is 16.9 Å². The number of nitrogens with zero attached hydrogens (tertiary/aromatic N) is 1. The van der Waals surface area contributed by atoms with Crippen LogP contribution in [-0.4, -0.2) is 22.2 Å². The van der Waals surface area contributed by atoms with Gasteiger partial charge in [-0.2, -0.15) is 0 Å². The lowest BCUT2D eigenvalue weighted by Gasteiger charge is -2.25. The van der Waals surface area contributed by atoms with Crippen LogP contribution in [0.2, 0.25) is 0 Å². The third-order valence-electron chi connectivity index (χ3n) is 4.15. The Balaban J connectivity index is 1.97. The van der Waals surface area contributed by atoms with Crippen molar-refractivity contribution < 1.29 is 9.53 Å². The van der Waals surface area contributed by atoms with E-state index in [2.05, 4.69) is 18.2 Å². The van der Waals surface area contributed by atoms with E-state index in [4.69, 9.17) is 4.74 Å². The molecule has 1 fully saturated rings. The van der Waals surface area contributed by atoms with Crippen LogP contribution in [0.3, 0.4) is 0 Å². The van der Waals surface area contributed by atoms with Crippen LogP contribution >= 0.6 is 11.8 Å². The summed E-state index contributed by atoms with van der Waals surface area (Å²) in [4.78, 5) is 14.9. The van der Waals surface area contributed by atoms with Gasteiger partial charge in [-0.3, -0.25) is 4.79 Å². The number of amides is 1. The first-order valence-corrected chi connectivity index (χ1v) is 9.15. The molecule has 0 aliphatic carbocycles. The lowest BCUT2D eigenvalue weighted by molar-refractivity contribution is -0.132. The lowest BCUT2D eigenvalue weighted by atomic mass is 10.1. The SMILES string of the molecule is CCOc1ccccc1C1SC(C)(C)C(=O)N1Cc1ccccc1. The van der Waals surface area contributed by atoms with Crippen molar-refractivity contribution in [1.29, 1.82) is 0 Å². The van der Waals surface area contributed by atoms with Crippen LogP contribution < -0.4 is 4.74 Å². The average molecular weight is 341 g/mol. The van der Waals surface area contributed by atoms with Gasteiger partial charge in [0.05, 0.1) is 11.4 Å². The molecule has 3 rings (SSSR count). The molecule has 126 valence electrons. The number of ether oxygens (including phenoxy) is 1. The maximum Gasteiger partial charge on any atom is 0.239 e. The Morgan fingerprint density at radius 3 is 2.46 bits per heavy atom. The summed E-state index contributed by atoms with van der Waals surface area (Å²) >= 11 is 1.69. The number of para-hydroxylation sites is 1. The van der Waals surface area contributed by atoms with Gasteiger partial charge in [0.2, 0.25) is 5.91 Å². The number of carbonyl (C=O) groups is 1. The van der Waals surface area contributed by atoms with Crippen molar-refractivity contribution in [2.24, 2.45) is 0 Å². The maximum absolute atomic E-state index is 12.9. The molecule has 0 aromatic heterocycles. The number of rotatable bonds is 5. The fourth-order valence-electron chi connectivity index (χ4n) is 2.98. The highest BCUT2D eigenvalue weighted by molar-refractivity contribution is 8.02. The van der Waals surface area contributed by atoms with Crippen LogP contribution in [0.25, 0.3) is 0 Å². The van der Waals surface area contributed by atoms with E-state index in [9.17, 15) is 4.79 Å². The van der Waals surface area contributed by atoms with E-state index >= 15 is 0 Å². The summed E-state index contributed by atoms with van der Waals surface area (Å²) in [5.74, 6) is 1.04. The molecule has 0 radical (unpaired) electrons. The second-order valence-electron chi connectivity index (χ2n) is 6.37. The second kappa shape index (κ2) is 6.89. The molecule has 1 unspecified atom stereocenters. The highest BCUT2D eigenvalue weighted by Gasteiger charge is 2.47. The quantitative estimate of drug-likeness (QED) is 0.793. The third kappa shape index (κ3) is 3.29. The minimum atomic E-state index is -0.432. The Morgan fingerprint density at radius 2 is 1.75 bits per heavy atom. The van der Waals surface area contributed by atoms with Gasteiger partial charge in [-0.25, -0.2) is 0 Å². The van der Waals surface area contributed by atoms with E-state index in [1.807, 2.05) is 62.1 Å². The Kier molecular flexibility index (Phi) is 4.86. The molecule has 1 saturated heterocycles. The van der Waals surface area contributed by atoms with E-state index in [-0.39, 0.29) is 11.3 Å². The van der Waals surface area contributed by atoms with Gasteiger partial charge in [-0.15, -0.1) is 11.8 Å². The van der Waals surface area contributed by atoms with Crippen molar-refractivity contribution in [2.45, 2.75) is 37.4 Å². The summed E-state index contributed by atoms with van der Waals surface area (Å²) in [6, 6.07) is 18.2. The summed E-state index contributed by atoms with van der Waals surface area (Å²) in [5, 5.41) is -0.0320. The van der Waals surface area contributed by atoms with Gasteiger partial charge in [-0.05, 0) is 32.4 Å². The molecule has 1 aliphatic rings. The van der Waals surface area contributed by atoms with Crippen molar-refractivity contribution in [1.82, 2.24) is 4.90 Å². The molecule has 2 aromatic carbocycles. The van der Waals surface area contributed by atoms with Crippen LogP contribution in [-0.2, 0) is 11.3 Å². The van der Waals surface area contributed by atoms with Gasteiger partial charge in [0.25, 0.3) is 0 Å². The first kappa shape index (κ1) is 16.9. The van der Waals surface area contributed by atoms with Gasteiger partial charge in [-0.1, -0.05) is 48.5 Å². The number of carbonyl (C=O) groups excluding carboxylic acids is 1. The molecule has 3 nitrogen and oxygen atoms in total. The summed E-state index contributed by atoms with van der Waals surface area (Å²) in [6.45, 7) is 7.21. The van der Waals surface area contributed by atoms with E-state index in [1.165, 1.54) is 0 Å². The van der Waals surface area contributed by atoms with Gasteiger partial charge in [0.1, 0.15) is 11.1 Å². The normalized spacial score (nSPS) is 19.5. The highest BCUT2D eigenvalue weighted by Crippen LogP contribution is 2.51. The molecule has 1 aliphatic heterocycles. The zero-order valence-electron chi connectivity index (χ0n) is 14.4. The first-order valence-electron chi connectivity index (χ1n) is 8.27. The van der Waals surface area contributed by atoms with Crippen molar-refractivity contribution >= 4 is 17.7 Å². The van der Waals surface area contributed by atoms with Crippen molar-refractivity contribution in [3.05, 3.63) is 65.7 Å². The van der Waals surface area contributed by atoms with Crippen molar-refractivity contribution in [2.75, 3.05) is 6.61 Å². The average Bonchev–Trinajstić information content (AvgIpc) is 2.80. The van der Waals surface area contributed by atoms with Crippen molar-refractivity contribution in [3.63, 3.8) is 0 Å². The van der Waals surface area contributed by atoms with Crippen LogP contribution in [0.5, 0.6) is 5.75 Å². The number of benzene rings is 2. The molecule has 1 heterocycles. The Bertz CT molecular complexity index is 715. The molecule has 1 amide bonds. The summed E-state index contributed by atoms with van der Waals surface area (Å²) < 4.78 is 5.37. The fraction of sp³-hybridized carbons (Fsp3) is 0.350. The second-order valence-corrected chi connectivity index (χ2v) is 8.07. The molecule has 0 bridgehead atoms. The van der Waals surface area contributed by atoms with Crippen LogP contribution in [0, 0.1) is 0 Å². The molecular weight excluding hydrogens is 318 g/mol. The standard InChI is InChI=1S/C20H23NO2S/c1-4-23-17-13-9-8-12-16(17)18-21(19(22)20(2,3)24-18)14-15-10-6-5-7-11-15/h5-13,18H,4,14H2,1-3H3. The Labute approximate surface area is 148 Å².